The molecule has 2 nitrogen and oxygen atoms in total. The lowest BCUT2D eigenvalue weighted by molar-refractivity contribution is -0.159. The van der Waals surface area contributed by atoms with Crippen LogP contribution < -0.4 is 0 Å². The van der Waals surface area contributed by atoms with E-state index < -0.39 is 0 Å². The zero-order valence-electron chi connectivity index (χ0n) is 19.6. The third kappa shape index (κ3) is 3.55. The smallest absolute Gasteiger partial charge is 0.137 e. The van der Waals surface area contributed by atoms with Gasteiger partial charge in [0.25, 0.3) is 0 Å². The molecule has 4 fully saturated rings. The Morgan fingerprint density at radius 2 is 1.62 bits per heavy atom. The quantitative estimate of drug-likeness (QED) is 0.505. The Labute approximate surface area is 179 Å². The monoisotopic (exact) mass is 400 g/mol. The number of ketones is 2. The molecule has 29 heavy (non-hydrogen) atoms. The van der Waals surface area contributed by atoms with Crippen LogP contribution in [0.3, 0.4) is 0 Å². The van der Waals surface area contributed by atoms with Gasteiger partial charge in [-0.2, -0.15) is 0 Å². The van der Waals surface area contributed by atoms with Crippen molar-refractivity contribution in [3.63, 3.8) is 0 Å². The van der Waals surface area contributed by atoms with Crippen LogP contribution in [0.25, 0.3) is 0 Å². The Morgan fingerprint density at radius 3 is 2.34 bits per heavy atom. The molecule has 0 spiro atoms. The van der Waals surface area contributed by atoms with E-state index in [4.69, 9.17) is 0 Å². The van der Waals surface area contributed by atoms with Crippen molar-refractivity contribution in [1.29, 1.82) is 0 Å². The molecule has 0 unspecified atom stereocenters. The highest BCUT2D eigenvalue weighted by Crippen LogP contribution is 2.67. The summed E-state index contributed by atoms with van der Waals surface area (Å²) in [6.07, 6.45) is 12.4. The fourth-order valence-electron chi connectivity index (χ4n) is 8.86. The van der Waals surface area contributed by atoms with Crippen molar-refractivity contribution in [2.45, 2.75) is 105 Å². The van der Waals surface area contributed by atoms with Gasteiger partial charge in [-0.1, -0.05) is 53.9 Å². The summed E-state index contributed by atoms with van der Waals surface area (Å²) in [6.45, 7) is 12.2. The topological polar surface area (TPSA) is 34.1 Å². The maximum atomic E-state index is 13.2. The minimum atomic E-state index is 0.0292. The number of carbonyl (C=O) groups is 2. The molecule has 0 amide bonds. The maximum Gasteiger partial charge on any atom is 0.137 e. The molecule has 0 saturated heterocycles. The molecule has 0 aromatic heterocycles. The van der Waals surface area contributed by atoms with Crippen LogP contribution in [-0.2, 0) is 9.59 Å². The summed E-state index contributed by atoms with van der Waals surface area (Å²) >= 11 is 0. The van der Waals surface area contributed by atoms with Gasteiger partial charge >= 0.3 is 0 Å². The first kappa shape index (κ1) is 21.6. The highest BCUT2D eigenvalue weighted by molar-refractivity contribution is 5.90. The molecule has 4 rings (SSSR count). The van der Waals surface area contributed by atoms with Gasteiger partial charge in [-0.3, -0.25) is 9.59 Å². The standard InChI is InChI=1S/C27H44O2/c1-17(2)7-6-8-18(3)21-9-10-22-20-16-25(29)24-15-19(28)11-13-27(24,5)23(20)12-14-26(21,22)4/h17-18,20-24H,6-16H2,1-5H3/t18-,20-,21+,22-,23-,24+,26+,27+/m0/s1. The van der Waals surface area contributed by atoms with Gasteiger partial charge < -0.3 is 0 Å². The van der Waals surface area contributed by atoms with E-state index in [1.807, 2.05) is 0 Å². The molecule has 0 heterocycles. The predicted molar refractivity (Wildman–Crippen MR) is 118 cm³/mol. The summed E-state index contributed by atoms with van der Waals surface area (Å²) in [7, 11) is 0. The molecule has 0 N–H and O–H groups in total. The summed E-state index contributed by atoms with van der Waals surface area (Å²) in [5.74, 6) is 5.25. The molecule has 4 aliphatic carbocycles. The van der Waals surface area contributed by atoms with E-state index in [1.54, 1.807) is 0 Å². The largest absolute Gasteiger partial charge is 0.300 e. The first-order valence-electron chi connectivity index (χ1n) is 12.7. The average Bonchev–Trinajstić information content (AvgIpc) is 3.00. The summed E-state index contributed by atoms with van der Waals surface area (Å²) in [4.78, 5) is 25.3. The van der Waals surface area contributed by atoms with Crippen molar-refractivity contribution >= 4 is 11.6 Å². The molecule has 0 radical (unpaired) electrons. The van der Waals surface area contributed by atoms with E-state index in [-0.39, 0.29) is 11.3 Å². The van der Waals surface area contributed by atoms with E-state index in [9.17, 15) is 9.59 Å². The van der Waals surface area contributed by atoms with Gasteiger partial charge in [-0.25, -0.2) is 0 Å². The highest BCUT2D eigenvalue weighted by Gasteiger charge is 2.62. The van der Waals surface area contributed by atoms with Gasteiger partial charge in [0, 0.05) is 25.2 Å². The lowest BCUT2D eigenvalue weighted by atomic mass is 9.44. The highest BCUT2D eigenvalue weighted by atomic mass is 16.1. The predicted octanol–water partition coefficient (Wildman–Crippen LogP) is 6.86. The van der Waals surface area contributed by atoms with Crippen LogP contribution in [0.4, 0.5) is 0 Å². The van der Waals surface area contributed by atoms with Crippen molar-refractivity contribution in [2.75, 3.05) is 0 Å². The van der Waals surface area contributed by atoms with Gasteiger partial charge in [-0.15, -0.1) is 0 Å². The minimum absolute atomic E-state index is 0.0292. The first-order valence-corrected chi connectivity index (χ1v) is 12.7. The molecular weight excluding hydrogens is 356 g/mol. The molecule has 4 aliphatic rings. The Balaban J connectivity index is 1.51. The molecule has 0 aromatic rings. The molecular formula is C27H44O2. The number of rotatable bonds is 5. The number of Topliss-reactive ketones (excluding diaryl/α,β-unsaturated/α-hetero) is 2. The molecule has 4 saturated carbocycles. The maximum absolute atomic E-state index is 13.2. The van der Waals surface area contributed by atoms with Gasteiger partial charge in [0.1, 0.15) is 11.6 Å². The average molecular weight is 401 g/mol. The zero-order valence-corrected chi connectivity index (χ0v) is 19.6. The minimum Gasteiger partial charge on any atom is -0.300 e. The Morgan fingerprint density at radius 1 is 0.897 bits per heavy atom. The molecule has 0 aromatic carbocycles. The van der Waals surface area contributed by atoms with E-state index >= 15 is 0 Å². The number of carbonyl (C=O) groups excluding carboxylic acids is 2. The summed E-state index contributed by atoms with van der Waals surface area (Å²) in [5, 5.41) is 0. The van der Waals surface area contributed by atoms with Crippen LogP contribution in [0.1, 0.15) is 105 Å². The zero-order chi connectivity index (χ0) is 21.0. The second-order valence-corrected chi connectivity index (χ2v) is 12.4. The fourth-order valence-corrected chi connectivity index (χ4v) is 8.86. The second-order valence-electron chi connectivity index (χ2n) is 12.4. The van der Waals surface area contributed by atoms with E-state index in [1.165, 1.54) is 44.9 Å². The van der Waals surface area contributed by atoms with Crippen LogP contribution >= 0.6 is 0 Å². The third-order valence-corrected chi connectivity index (χ3v) is 10.5. The van der Waals surface area contributed by atoms with Crippen molar-refractivity contribution < 1.29 is 9.59 Å². The van der Waals surface area contributed by atoms with Crippen molar-refractivity contribution in [3.8, 4) is 0 Å². The van der Waals surface area contributed by atoms with Crippen LogP contribution in [0.5, 0.6) is 0 Å². The van der Waals surface area contributed by atoms with E-state index in [0.29, 0.717) is 41.7 Å². The summed E-state index contributed by atoms with van der Waals surface area (Å²) in [5.41, 5.74) is 0.530. The molecule has 0 bridgehead atoms. The van der Waals surface area contributed by atoms with Gasteiger partial charge in [0.15, 0.2) is 0 Å². The number of fused-ring (bicyclic) bond motifs is 5. The van der Waals surface area contributed by atoms with Gasteiger partial charge in [0.2, 0.25) is 0 Å². The normalized spacial score (nSPS) is 45.7. The van der Waals surface area contributed by atoms with Gasteiger partial charge in [-0.05, 0) is 78.4 Å². The van der Waals surface area contributed by atoms with E-state index in [2.05, 4.69) is 34.6 Å². The lowest BCUT2D eigenvalue weighted by Crippen LogP contribution is -2.56. The second kappa shape index (κ2) is 7.79. The summed E-state index contributed by atoms with van der Waals surface area (Å²) in [6, 6.07) is 0. The fraction of sp³-hybridized carbons (Fsp3) is 0.926. The number of hydrogen-bond donors (Lipinski definition) is 0. The number of hydrogen-bond acceptors (Lipinski definition) is 2. The van der Waals surface area contributed by atoms with Crippen LogP contribution in [0.2, 0.25) is 0 Å². The summed E-state index contributed by atoms with van der Waals surface area (Å²) < 4.78 is 0. The SMILES string of the molecule is CC(C)CCC[C@H](C)[C@H]1CC[C@H]2[C@@H]3CC(=O)[C@H]4CC(=O)CC[C@]4(C)[C@H]3CC[C@]12C. The first-order chi connectivity index (χ1) is 13.7. The van der Waals surface area contributed by atoms with Crippen molar-refractivity contribution in [3.05, 3.63) is 0 Å². The molecule has 0 aliphatic heterocycles. The van der Waals surface area contributed by atoms with Crippen LogP contribution in [0, 0.1) is 52.3 Å². The van der Waals surface area contributed by atoms with Crippen molar-refractivity contribution in [2.24, 2.45) is 52.3 Å². The van der Waals surface area contributed by atoms with E-state index in [0.717, 1.165) is 36.5 Å². The Hall–Kier alpha value is -0.660. The Kier molecular flexibility index (Phi) is 5.79. The molecule has 2 heteroatoms. The Bertz CT molecular complexity index is 651. The van der Waals surface area contributed by atoms with Crippen molar-refractivity contribution in [1.82, 2.24) is 0 Å². The molecule has 8 atom stereocenters. The van der Waals surface area contributed by atoms with Crippen LogP contribution in [0.15, 0.2) is 0 Å². The van der Waals surface area contributed by atoms with Gasteiger partial charge in [0.05, 0.1) is 0 Å². The van der Waals surface area contributed by atoms with Crippen LogP contribution in [-0.4, -0.2) is 11.6 Å². The molecule has 164 valence electrons. The lowest BCUT2D eigenvalue weighted by Gasteiger charge is -2.59. The third-order valence-electron chi connectivity index (χ3n) is 10.5.